The van der Waals surface area contributed by atoms with Crippen molar-refractivity contribution < 1.29 is 28.6 Å². The van der Waals surface area contributed by atoms with Gasteiger partial charge in [-0.3, -0.25) is 14.4 Å². The summed E-state index contributed by atoms with van der Waals surface area (Å²) in [5.41, 5.74) is 0. The quantitative estimate of drug-likeness (QED) is 0.0262. The molecular weight excluding hydrogens is 805 g/mol. The predicted octanol–water partition coefficient (Wildman–Crippen LogP) is 19.3. The minimum absolute atomic E-state index is 0.0664. The van der Waals surface area contributed by atoms with Crippen LogP contribution >= 0.6 is 0 Å². The average molecular weight is 918 g/mol. The maximum absolute atomic E-state index is 12.8. The number of esters is 3. The van der Waals surface area contributed by atoms with Crippen LogP contribution < -0.4 is 0 Å². The molecule has 0 saturated carbocycles. The highest BCUT2D eigenvalue weighted by Crippen LogP contribution is 2.17. The molecule has 0 amide bonds. The normalized spacial score (nSPS) is 12.0. The Hall–Kier alpha value is -1.85. The van der Waals surface area contributed by atoms with E-state index in [0.717, 1.165) is 64.2 Å². The van der Waals surface area contributed by atoms with Crippen LogP contribution in [0, 0.1) is 0 Å². The number of hydrogen-bond acceptors (Lipinski definition) is 6. The fourth-order valence-electron chi connectivity index (χ4n) is 8.85. The van der Waals surface area contributed by atoms with E-state index >= 15 is 0 Å². The Bertz CT molecular complexity index is 1010. The fourth-order valence-corrected chi connectivity index (χ4v) is 8.85. The molecule has 0 aliphatic carbocycles. The first-order valence-corrected chi connectivity index (χ1v) is 29.2. The Balaban J connectivity index is 4.31. The number of ether oxygens (including phenoxy) is 3. The predicted molar refractivity (Wildman–Crippen MR) is 280 cm³/mol. The van der Waals surface area contributed by atoms with Crippen LogP contribution in [0.4, 0.5) is 0 Å². The van der Waals surface area contributed by atoms with Gasteiger partial charge in [-0.15, -0.1) is 0 Å². The van der Waals surface area contributed by atoms with Crippen molar-refractivity contribution in [1.82, 2.24) is 0 Å². The van der Waals surface area contributed by atoms with Crippen molar-refractivity contribution in [2.24, 2.45) is 0 Å². The average Bonchev–Trinajstić information content (AvgIpc) is 3.30. The Labute approximate surface area is 405 Å². The van der Waals surface area contributed by atoms with Gasteiger partial charge in [0.2, 0.25) is 0 Å². The van der Waals surface area contributed by atoms with Crippen LogP contribution in [0.3, 0.4) is 0 Å². The topological polar surface area (TPSA) is 78.9 Å². The third kappa shape index (κ3) is 53.0. The molecule has 0 aromatic rings. The first-order chi connectivity index (χ1) is 32.0. The molecule has 0 saturated heterocycles. The van der Waals surface area contributed by atoms with E-state index in [1.54, 1.807) is 0 Å². The number of unbranched alkanes of at least 4 members (excludes halogenated alkanes) is 41. The Kier molecular flexibility index (Phi) is 53.2. The van der Waals surface area contributed by atoms with Crippen molar-refractivity contribution >= 4 is 17.9 Å². The molecule has 6 nitrogen and oxygen atoms in total. The van der Waals surface area contributed by atoms with Crippen molar-refractivity contribution in [2.75, 3.05) is 13.2 Å². The molecule has 0 heterocycles. The number of allylic oxidation sites excluding steroid dienone is 2. The maximum atomic E-state index is 12.8. The number of carbonyl (C=O) groups is 3. The van der Waals surface area contributed by atoms with Crippen molar-refractivity contribution in [2.45, 2.75) is 335 Å². The van der Waals surface area contributed by atoms with E-state index in [4.69, 9.17) is 14.2 Å². The zero-order chi connectivity index (χ0) is 47.2. The zero-order valence-electron chi connectivity index (χ0n) is 44.0. The number of rotatable bonds is 54. The van der Waals surface area contributed by atoms with E-state index in [1.165, 1.54) is 225 Å². The lowest BCUT2D eigenvalue weighted by Gasteiger charge is -2.18. The van der Waals surface area contributed by atoms with Crippen molar-refractivity contribution in [1.29, 1.82) is 0 Å². The van der Waals surface area contributed by atoms with Gasteiger partial charge in [0.25, 0.3) is 0 Å². The third-order valence-corrected chi connectivity index (χ3v) is 13.3. The summed E-state index contributed by atoms with van der Waals surface area (Å²) in [4.78, 5) is 38.1. The smallest absolute Gasteiger partial charge is 0.306 e. The number of hydrogen-bond donors (Lipinski definition) is 0. The van der Waals surface area contributed by atoms with E-state index < -0.39 is 6.10 Å². The summed E-state index contributed by atoms with van der Waals surface area (Å²) in [6, 6.07) is 0. The Morgan fingerprint density at radius 2 is 0.508 bits per heavy atom. The molecule has 0 N–H and O–H groups in total. The van der Waals surface area contributed by atoms with Crippen LogP contribution in [0.15, 0.2) is 12.2 Å². The second-order valence-corrected chi connectivity index (χ2v) is 19.9. The molecular formula is C59H112O6. The molecule has 0 rings (SSSR count). The van der Waals surface area contributed by atoms with Crippen LogP contribution in [0.25, 0.3) is 0 Å². The van der Waals surface area contributed by atoms with E-state index in [0.29, 0.717) is 19.3 Å². The highest BCUT2D eigenvalue weighted by molar-refractivity contribution is 5.71. The van der Waals surface area contributed by atoms with Crippen LogP contribution in [-0.2, 0) is 28.6 Å². The monoisotopic (exact) mass is 917 g/mol. The van der Waals surface area contributed by atoms with Gasteiger partial charge in [0.1, 0.15) is 13.2 Å². The van der Waals surface area contributed by atoms with Crippen LogP contribution in [0.1, 0.15) is 329 Å². The SMILES string of the molecule is CCCCCCC/C=C\CCCCCCCC(=O)OC[C@H](COC(=O)CCCCCCCCCCCCCCCCCCC)OC(=O)CCCCCCCCCCCCCCCCCC. The molecule has 0 fully saturated rings. The highest BCUT2D eigenvalue weighted by atomic mass is 16.6. The van der Waals surface area contributed by atoms with Gasteiger partial charge in [-0.2, -0.15) is 0 Å². The lowest BCUT2D eigenvalue weighted by atomic mass is 10.0. The molecule has 384 valence electrons. The molecule has 65 heavy (non-hydrogen) atoms. The fraction of sp³-hybridized carbons (Fsp3) is 0.915. The summed E-state index contributed by atoms with van der Waals surface area (Å²) in [5.74, 6) is -0.850. The van der Waals surface area contributed by atoms with Gasteiger partial charge in [-0.1, -0.05) is 277 Å². The molecule has 0 bridgehead atoms. The van der Waals surface area contributed by atoms with Crippen LogP contribution in [0.2, 0.25) is 0 Å². The Morgan fingerprint density at radius 3 is 0.769 bits per heavy atom. The van der Waals surface area contributed by atoms with Gasteiger partial charge < -0.3 is 14.2 Å². The van der Waals surface area contributed by atoms with E-state index in [1.807, 2.05) is 0 Å². The first kappa shape index (κ1) is 63.1. The van der Waals surface area contributed by atoms with Crippen molar-refractivity contribution in [3.8, 4) is 0 Å². The summed E-state index contributed by atoms with van der Waals surface area (Å²) in [7, 11) is 0. The van der Waals surface area contributed by atoms with Gasteiger partial charge >= 0.3 is 17.9 Å². The lowest BCUT2D eigenvalue weighted by Crippen LogP contribution is -2.30. The molecule has 1 atom stereocenters. The molecule has 0 aromatic carbocycles. The summed E-state index contributed by atoms with van der Waals surface area (Å²) >= 11 is 0. The minimum atomic E-state index is -0.767. The summed E-state index contributed by atoms with van der Waals surface area (Å²) in [6.45, 7) is 6.68. The summed E-state index contributed by atoms with van der Waals surface area (Å²) in [5, 5.41) is 0. The zero-order valence-corrected chi connectivity index (χ0v) is 44.0. The van der Waals surface area contributed by atoms with Crippen LogP contribution in [0.5, 0.6) is 0 Å². The van der Waals surface area contributed by atoms with Gasteiger partial charge in [-0.05, 0) is 44.9 Å². The minimum Gasteiger partial charge on any atom is -0.462 e. The highest BCUT2D eigenvalue weighted by Gasteiger charge is 2.19. The molecule has 0 radical (unpaired) electrons. The van der Waals surface area contributed by atoms with Gasteiger partial charge in [0, 0.05) is 19.3 Å². The maximum Gasteiger partial charge on any atom is 0.306 e. The molecule has 0 aromatic heterocycles. The first-order valence-electron chi connectivity index (χ1n) is 29.2. The second-order valence-electron chi connectivity index (χ2n) is 19.9. The van der Waals surface area contributed by atoms with E-state index in [-0.39, 0.29) is 31.1 Å². The Morgan fingerprint density at radius 1 is 0.292 bits per heavy atom. The standard InChI is InChI=1S/C59H112O6/c1-4-7-10-13-16-19-22-25-28-30-32-34-37-40-43-46-49-52-58(61)64-55-56(54-63-57(60)51-48-45-42-39-36-33-27-24-21-18-15-12-9-6-3)65-59(62)53-50-47-44-41-38-35-31-29-26-23-20-17-14-11-8-5-2/h24,27,56H,4-23,25-26,28-55H2,1-3H3/b27-24-/t56-/m1/s1. The second kappa shape index (κ2) is 54.8. The number of carbonyl (C=O) groups excluding carboxylic acids is 3. The summed E-state index contributed by atoms with van der Waals surface area (Å²) < 4.78 is 16.9. The molecule has 0 spiro atoms. The third-order valence-electron chi connectivity index (χ3n) is 13.3. The molecule has 0 aliphatic rings. The van der Waals surface area contributed by atoms with E-state index in [9.17, 15) is 14.4 Å². The van der Waals surface area contributed by atoms with Crippen molar-refractivity contribution in [3.05, 3.63) is 12.2 Å². The van der Waals surface area contributed by atoms with E-state index in [2.05, 4.69) is 32.9 Å². The van der Waals surface area contributed by atoms with Crippen molar-refractivity contribution in [3.63, 3.8) is 0 Å². The summed E-state index contributed by atoms with van der Waals surface area (Å²) in [6.07, 6.45) is 62.0. The molecule has 6 heteroatoms. The van der Waals surface area contributed by atoms with Crippen LogP contribution in [-0.4, -0.2) is 37.2 Å². The largest absolute Gasteiger partial charge is 0.462 e. The molecule has 0 unspecified atom stereocenters. The van der Waals surface area contributed by atoms with Gasteiger partial charge in [0.15, 0.2) is 6.10 Å². The molecule has 0 aliphatic heterocycles. The lowest BCUT2D eigenvalue weighted by molar-refractivity contribution is -0.167. The van der Waals surface area contributed by atoms with Gasteiger partial charge in [0.05, 0.1) is 0 Å². The van der Waals surface area contributed by atoms with Gasteiger partial charge in [-0.25, -0.2) is 0 Å².